The lowest BCUT2D eigenvalue weighted by Crippen LogP contribution is -2.63. The Kier molecular flexibility index (Phi) is 8.28. The first-order valence-corrected chi connectivity index (χ1v) is 15.9. The summed E-state index contributed by atoms with van der Waals surface area (Å²) in [4.78, 5) is 98.8. The van der Waals surface area contributed by atoms with E-state index in [1.54, 1.807) is 0 Å². The molecule has 49 heavy (non-hydrogen) atoms. The molecule has 1 saturated carbocycles. The Morgan fingerprint density at radius 1 is 1.27 bits per heavy atom. The number of amides is 5. The number of β-lactam (4-membered cyclic amide) rings is 1. The van der Waals surface area contributed by atoms with Crippen LogP contribution in [0.3, 0.4) is 0 Å². The highest BCUT2D eigenvalue weighted by Crippen LogP contribution is 2.54. The van der Waals surface area contributed by atoms with Crippen molar-refractivity contribution in [3.05, 3.63) is 44.0 Å². The number of nitrogens with two attached hydrogens (primary N) is 2. The maximum atomic E-state index is 13.1. The number of nitrogens with one attached hydrogen (secondary N) is 3. The number of aromatic nitrogens is 5. The fraction of sp³-hybridized carbons (Fsp3) is 0.333. The summed E-state index contributed by atoms with van der Waals surface area (Å²) < 4.78 is 27.9. The summed E-state index contributed by atoms with van der Waals surface area (Å²) in [6, 6.07) is -1.57. The smallest absolute Gasteiger partial charge is 0.362 e. The minimum absolute atomic E-state index is 0.0350. The van der Waals surface area contributed by atoms with Gasteiger partial charge in [0.15, 0.2) is 22.4 Å². The molecule has 5 rings (SSSR count). The topological polar surface area (TPSA) is 346 Å². The fourth-order valence-corrected chi connectivity index (χ4v) is 5.98. The van der Waals surface area contributed by atoms with E-state index in [0.29, 0.717) is 9.47 Å². The molecule has 1 aliphatic heterocycles. The molecule has 0 aromatic carbocycles. The molecule has 3 aromatic rings. The van der Waals surface area contributed by atoms with Crippen molar-refractivity contribution in [2.24, 2.45) is 16.3 Å². The summed E-state index contributed by atoms with van der Waals surface area (Å²) in [6.07, 6.45) is 0.856. The second kappa shape index (κ2) is 11.8. The van der Waals surface area contributed by atoms with Crippen LogP contribution in [0.25, 0.3) is 11.5 Å². The Morgan fingerprint density at radius 3 is 2.53 bits per heavy atom. The van der Waals surface area contributed by atoms with E-state index in [2.05, 4.69) is 25.5 Å². The second-order valence-corrected chi connectivity index (χ2v) is 13.6. The van der Waals surface area contributed by atoms with E-state index < -0.39 is 91.9 Å². The molecular weight excluding hydrogens is 698 g/mol. The number of carboxylic acid groups (broad SMARTS) is 1. The molecule has 3 aromatic heterocycles. The van der Waals surface area contributed by atoms with Gasteiger partial charge >= 0.3 is 27.9 Å². The molecule has 0 radical (unpaired) electrons. The van der Waals surface area contributed by atoms with Gasteiger partial charge in [0.05, 0.1) is 11.1 Å². The van der Waals surface area contributed by atoms with Gasteiger partial charge in [-0.2, -0.15) is 8.42 Å². The zero-order chi connectivity index (χ0) is 36.2. The zero-order valence-corrected chi connectivity index (χ0v) is 26.7. The fourth-order valence-electron chi connectivity index (χ4n) is 4.53. The number of thiazole rings is 1. The normalized spacial score (nSPS) is 18.9. The monoisotopic (exact) mass is 723 g/mol. The van der Waals surface area contributed by atoms with Crippen LogP contribution in [0.4, 0.5) is 9.93 Å². The highest BCUT2D eigenvalue weighted by Gasteiger charge is 2.70. The molecule has 23 nitrogen and oxygen atoms in total. The van der Waals surface area contributed by atoms with Crippen molar-refractivity contribution in [3.8, 4) is 17.3 Å². The first-order valence-electron chi connectivity index (χ1n) is 13.6. The second-order valence-electron chi connectivity index (χ2n) is 11.2. The number of nitrogens with zero attached hydrogens (tertiary/aromatic N) is 6. The number of likely N-dealkylation sites (tertiary alicyclic amines) is 1. The van der Waals surface area contributed by atoms with Crippen LogP contribution in [0, 0.1) is 5.41 Å². The van der Waals surface area contributed by atoms with Crippen molar-refractivity contribution in [3.63, 3.8) is 0 Å². The molecule has 1 saturated heterocycles. The molecule has 1 unspecified atom stereocenters. The number of aromatic hydroxyl groups is 1. The largest absolute Gasteiger partial charge is 0.503 e. The number of H-pyrrole nitrogens is 1. The number of aromatic amines is 1. The number of carbonyl (C=O) groups is 5. The molecule has 25 heteroatoms. The first-order chi connectivity index (χ1) is 22.8. The van der Waals surface area contributed by atoms with E-state index in [4.69, 9.17) is 16.3 Å². The zero-order valence-electron chi connectivity index (χ0n) is 25.1. The number of aliphatic carboxylic acids is 1. The maximum Gasteiger partial charge on any atom is 0.362 e. The lowest BCUT2D eigenvalue weighted by molar-refractivity contribution is -0.161. The van der Waals surface area contributed by atoms with Crippen LogP contribution in [0.1, 0.15) is 26.0 Å². The minimum Gasteiger partial charge on any atom is -0.503 e. The van der Waals surface area contributed by atoms with Crippen molar-refractivity contribution in [2.45, 2.75) is 38.5 Å². The quantitative estimate of drug-likeness (QED) is 0.0572. The Bertz CT molecular complexity index is 2200. The van der Waals surface area contributed by atoms with Crippen LogP contribution >= 0.6 is 11.3 Å². The average Bonchev–Trinajstić information content (AvgIpc) is 3.42. The van der Waals surface area contributed by atoms with Gasteiger partial charge in [0, 0.05) is 30.2 Å². The number of oxime groups is 1. The van der Waals surface area contributed by atoms with Crippen molar-refractivity contribution in [1.82, 2.24) is 38.7 Å². The van der Waals surface area contributed by atoms with E-state index in [9.17, 15) is 52.2 Å². The molecule has 9 N–H and O–H groups in total. The number of hydrogen-bond acceptors (Lipinski definition) is 16. The summed E-state index contributed by atoms with van der Waals surface area (Å²) in [7, 11) is -5.18. The third-order valence-electron chi connectivity index (χ3n) is 7.32. The van der Waals surface area contributed by atoms with Crippen molar-refractivity contribution in [2.75, 3.05) is 12.3 Å². The molecule has 260 valence electrons. The van der Waals surface area contributed by atoms with Gasteiger partial charge < -0.3 is 36.8 Å². The van der Waals surface area contributed by atoms with Crippen LogP contribution in [-0.4, -0.2) is 101 Å². The number of nitrogen functional groups attached to an aromatic ring is 1. The molecular formula is C24H25N11O12S2. The van der Waals surface area contributed by atoms with Gasteiger partial charge in [0.1, 0.15) is 12.2 Å². The van der Waals surface area contributed by atoms with Gasteiger partial charge in [0.25, 0.3) is 5.91 Å². The van der Waals surface area contributed by atoms with E-state index >= 15 is 0 Å². The van der Waals surface area contributed by atoms with Crippen LogP contribution in [0.5, 0.6) is 5.75 Å². The van der Waals surface area contributed by atoms with Gasteiger partial charge in [-0.3, -0.25) is 28.6 Å². The third kappa shape index (κ3) is 6.30. The van der Waals surface area contributed by atoms with Crippen LogP contribution < -0.4 is 32.6 Å². The number of hydrogen-bond donors (Lipinski definition) is 7. The van der Waals surface area contributed by atoms with Gasteiger partial charge in [-0.25, -0.2) is 24.1 Å². The van der Waals surface area contributed by atoms with Gasteiger partial charge in [-0.1, -0.05) is 9.24 Å². The summed E-state index contributed by atoms with van der Waals surface area (Å²) in [5.41, 5.74) is 4.47. The molecule has 2 aliphatic rings. The van der Waals surface area contributed by atoms with E-state index in [1.807, 2.05) is 0 Å². The third-order valence-corrected chi connectivity index (χ3v) is 9.12. The lowest BCUT2D eigenvalue weighted by Gasteiger charge is -2.37. The number of carbonyl (C=O) groups excluding carboxylic acids is 4. The van der Waals surface area contributed by atoms with E-state index in [-0.39, 0.29) is 33.6 Å². The summed E-state index contributed by atoms with van der Waals surface area (Å²) >= 11 is 0.961. The predicted octanol–water partition coefficient (Wildman–Crippen LogP) is -3.57. The van der Waals surface area contributed by atoms with Crippen molar-refractivity contribution < 1.29 is 47.4 Å². The van der Waals surface area contributed by atoms with Gasteiger partial charge in [0.2, 0.25) is 22.8 Å². The Morgan fingerprint density at radius 2 is 1.96 bits per heavy atom. The van der Waals surface area contributed by atoms with Crippen LogP contribution in [-0.2, 0) is 40.8 Å². The number of primary amides is 1. The maximum absolute atomic E-state index is 13.1. The standard InChI is InChI=1S/C24H25N11O12S2/c1-23(2,19(41)42)47-31-15(10-7-48-20(26)28-10)17(39)29-13-4-24(13)8-34(18(24)40)21(43)32-49(45,46)35-22(44)33(6-14(25)38)16(30-35)9-3-11(36)12(37)5-27-9/h3,5,7,13,37H,4,6,8H2,1-2H3,(H2,25,38)(H2,26,28)(H,27,36)(H,29,39)(H,32,43)(H,41,42)/b31-15-/t13-,24?/m1/s1. The molecule has 2 atom stereocenters. The summed E-state index contributed by atoms with van der Waals surface area (Å²) in [5, 5.41) is 30.0. The van der Waals surface area contributed by atoms with Gasteiger partial charge in [-0.05, 0) is 20.3 Å². The number of pyridine rings is 1. The van der Waals surface area contributed by atoms with Crippen LogP contribution in [0.2, 0.25) is 0 Å². The Balaban J connectivity index is 1.30. The van der Waals surface area contributed by atoms with E-state index in [1.165, 1.54) is 23.9 Å². The highest BCUT2D eigenvalue weighted by molar-refractivity contribution is 7.88. The van der Waals surface area contributed by atoms with Gasteiger partial charge in [-0.15, -0.1) is 16.4 Å². The van der Waals surface area contributed by atoms with Crippen molar-refractivity contribution in [1.29, 1.82) is 0 Å². The number of rotatable bonds is 11. The Hall–Kier alpha value is -6.11. The van der Waals surface area contributed by atoms with Crippen LogP contribution in [0.15, 0.2) is 32.4 Å². The number of imide groups is 1. The SMILES string of the molecule is CC(C)(O/N=C(\C(=O)N[C@@H]1CC12CN(C(=O)NS(=O)(=O)n1nc(-c3cc(=O)c(O)c[nH]3)n(CC(N)=O)c1=O)C2=O)c1csc(N)n1)C(=O)O. The lowest BCUT2D eigenvalue weighted by atomic mass is 9.94. The van der Waals surface area contributed by atoms with E-state index in [0.717, 1.165) is 23.6 Å². The highest BCUT2D eigenvalue weighted by atomic mass is 32.2. The first kappa shape index (κ1) is 34.2. The molecule has 2 fully saturated rings. The summed E-state index contributed by atoms with van der Waals surface area (Å²) in [5.74, 6) is -5.56. The molecule has 4 heterocycles. The molecule has 0 bridgehead atoms. The number of urea groups is 1. The Labute approximate surface area is 276 Å². The number of carboxylic acids is 1. The number of anilines is 1. The molecule has 5 amide bonds. The average molecular weight is 724 g/mol. The molecule has 1 aliphatic carbocycles. The predicted molar refractivity (Wildman–Crippen MR) is 163 cm³/mol. The van der Waals surface area contributed by atoms with Crippen molar-refractivity contribution >= 4 is 62.1 Å². The molecule has 1 spiro atoms. The minimum atomic E-state index is -5.18. The summed E-state index contributed by atoms with van der Waals surface area (Å²) in [6.45, 7) is 1.12.